The van der Waals surface area contributed by atoms with Gasteiger partial charge in [0, 0.05) is 55.8 Å². The topological polar surface area (TPSA) is 99.9 Å². The van der Waals surface area contributed by atoms with Crippen LogP contribution in [0.2, 0.25) is 0 Å². The highest BCUT2D eigenvalue weighted by atomic mass is 32.1. The summed E-state index contributed by atoms with van der Waals surface area (Å²) in [5.74, 6) is 0.565. The van der Waals surface area contributed by atoms with E-state index in [0.717, 1.165) is 38.6 Å². The molecule has 4 saturated heterocycles. The van der Waals surface area contributed by atoms with Crippen molar-refractivity contribution in [1.29, 1.82) is 0 Å². The van der Waals surface area contributed by atoms with Gasteiger partial charge in [-0.1, -0.05) is 0 Å². The number of halogens is 4. The SMILES string of the molecule is CO[C@]1(C)COCCN(c2nc(OC[C@@]34CCCN3C[C@H](F)C4)nc3sc4c(-c5c(C(F)(F)F)c(C)cc6c5cnn6C5CCCCO5)nccc4c23)C1. The summed E-state index contributed by atoms with van der Waals surface area (Å²) in [6, 6.07) is 3.50. The summed E-state index contributed by atoms with van der Waals surface area (Å²) in [7, 11) is 1.64. The van der Waals surface area contributed by atoms with Gasteiger partial charge in [-0.3, -0.25) is 9.88 Å². The molecular formula is C38H43F4N7O4S. The molecule has 0 saturated carbocycles. The summed E-state index contributed by atoms with van der Waals surface area (Å²) < 4.78 is 86.6. The summed E-state index contributed by atoms with van der Waals surface area (Å²) >= 11 is 1.26. The number of nitrogens with zero attached hydrogens (tertiary/aromatic N) is 7. The lowest BCUT2D eigenvalue weighted by Crippen LogP contribution is -2.44. The molecule has 9 rings (SSSR count). The maximum absolute atomic E-state index is 15.2. The molecule has 0 radical (unpaired) electrons. The molecule has 0 aliphatic carbocycles. The molecular weight excluding hydrogens is 727 g/mol. The Balaban J connectivity index is 1.24. The third kappa shape index (κ3) is 6.08. The van der Waals surface area contributed by atoms with Crippen LogP contribution in [0.15, 0.2) is 24.5 Å². The highest BCUT2D eigenvalue weighted by molar-refractivity contribution is 7.26. The molecule has 8 heterocycles. The van der Waals surface area contributed by atoms with Gasteiger partial charge in [-0.25, -0.2) is 9.07 Å². The van der Waals surface area contributed by atoms with E-state index in [1.807, 2.05) is 13.0 Å². The number of anilines is 1. The Hall–Kier alpha value is -3.70. The van der Waals surface area contributed by atoms with E-state index in [1.165, 1.54) is 24.5 Å². The second-order valence-electron chi connectivity index (χ2n) is 15.4. The largest absolute Gasteiger partial charge is 0.461 e. The maximum Gasteiger partial charge on any atom is 0.417 e. The van der Waals surface area contributed by atoms with E-state index >= 15 is 13.2 Å². The van der Waals surface area contributed by atoms with Crippen molar-refractivity contribution >= 4 is 48.4 Å². The van der Waals surface area contributed by atoms with Crippen molar-refractivity contribution in [3.8, 4) is 17.3 Å². The van der Waals surface area contributed by atoms with Crippen LogP contribution in [-0.2, 0) is 20.4 Å². The number of ether oxygens (including phenoxy) is 4. The summed E-state index contributed by atoms with van der Waals surface area (Å²) in [6.45, 7) is 7.18. The summed E-state index contributed by atoms with van der Waals surface area (Å²) in [5.41, 5.74) is -1.04. The van der Waals surface area contributed by atoms with Crippen molar-refractivity contribution < 1.29 is 36.5 Å². The minimum Gasteiger partial charge on any atom is -0.461 e. The second-order valence-corrected chi connectivity index (χ2v) is 16.4. The van der Waals surface area contributed by atoms with E-state index in [9.17, 15) is 4.39 Å². The maximum atomic E-state index is 15.2. The smallest absolute Gasteiger partial charge is 0.417 e. The van der Waals surface area contributed by atoms with E-state index in [-0.39, 0.29) is 35.7 Å². The monoisotopic (exact) mass is 769 g/mol. The van der Waals surface area contributed by atoms with Gasteiger partial charge in [0.1, 0.15) is 29.0 Å². The van der Waals surface area contributed by atoms with Gasteiger partial charge in [-0.2, -0.15) is 28.2 Å². The Bertz CT molecular complexity index is 2230. The Labute approximate surface area is 313 Å². The number of hydrogen-bond donors (Lipinski definition) is 0. The van der Waals surface area contributed by atoms with Crippen LogP contribution in [0.25, 0.3) is 42.5 Å². The van der Waals surface area contributed by atoms with Crippen LogP contribution in [0, 0.1) is 6.92 Å². The number of fused-ring (bicyclic) bond motifs is 5. The summed E-state index contributed by atoms with van der Waals surface area (Å²) in [5, 5.41) is 6.29. The predicted molar refractivity (Wildman–Crippen MR) is 197 cm³/mol. The molecule has 1 aromatic carbocycles. The van der Waals surface area contributed by atoms with Gasteiger partial charge < -0.3 is 23.8 Å². The van der Waals surface area contributed by atoms with Gasteiger partial charge in [-0.15, -0.1) is 11.3 Å². The van der Waals surface area contributed by atoms with Crippen molar-refractivity contribution in [1.82, 2.24) is 29.6 Å². The van der Waals surface area contributed by atoms with Gasteiger partial charge in [0.15, 0.2) is 6.23 Å². The van der Waals surface area contributed by atoms with Crippen LogP contribution in [0.1, 0.15) is 62.8 Å². The van der Waals surface area contributed by atoms with Gasteiger partial charge in [0.2, 0.25) is 0 Å². The summed E-state index contributed by atoms with van der Waals surface area (Å²) in [6.07, 6.45) is 1.88. The predicted octanol–water partition coefficient (Wildman–Crippen LogP) is 7.48. The molecule has 4 atom stereocenters. The zero-order valence-corrected chi connectivity index (χ0v) is 31.4. The third-order valence-electron chi connectivity index (χ3n) is 11.7. The first-order valence-electron chi connectivity index (χ1n) is 18.7. The summed E-state index contributed by atoms with van der Waals surface area (Å²) in [4.78, 5) is 19.4. The van der Waals surface area contributed by atoms with E-state index in [0.29, 0.717) is 82.9 Å². The zero-order chi connectivity index (χ0) is 37.4. The molecule has 0 N–H and O–H groups in total. The number of pyridine rings is 1. The van der Waals surface area contributed by atoms with Crippen LogP contribution >= 0.6 is 11.3 Å². The van der Waals surface area contributed by atoms with E-state index in [4.69, 9.17) is 28.9 Å². The van der Waals surface area contributed by atoms with Gasteiger partial charge in [0.25, 0.3) is 0 Å². The Kier molecular flexibility index (Phi) is 8.99. The van der Waals surface area contributed by atoms with E-state index < -0.39 is 29.1 Å². The molecule has 0 amide bonds. The van der Waals surface area contributed by atoms with Gasteiger partial charge >= 0.3 is 12.2 Å². The van der Waals surface area contributed by atoms with Crippen LogP contribution in [0.5, 0.6) is 6.01 Å². The number of thiophene rings is 1. The quantitative estimate of drug-likeness (QED) is 0.155. The lowest BCUT2D eigenvalue weighted by molar-refractivity contribution is -0.137. The van der Waals surface area contributed by atoms with Crippen LogP contribution in [-0.4, -0.2) is 107 Å². The van der Waals surface area contributed by atoms with Crippen molar-refractivity contribution in [3.63, 3.8) is 0 Å². The standard InChI is InChI=1S/C38H43F4N7O4S/c1-22-15-26-25(17-44-49(26)27-7-4-5-13-52-27)28(30(22)38(40,41)42)31-32-24(8-10-43-31)29-33(47-12-14-51-20-36(2,19-47)50-3)45-35(46-34(29)54-32)53-21-37-9-6-11-48(37)18-23(39)16-37/h8,10,15,17,23,27H,4-7,9,11-14,16,18-21H2,1-3H3/t23-,27?,36+,37+/m1/s1. The van der Waals surface area contributed by atoms with Crippen LogP contribution in [0.3, 0.4) is 0 Å². The number of aromatic nitrogens is 5. The molecule has 11 nitrogen and oxygen atoms in total. The first kappa shape index (κ1) is 36.0. The van der Waals surface area contributed by atoms with E-state index in [1.54, 1.807) is 24.1 Å². The molecule has 0 spiro atoms. The Morgan fingerprint density at radius 3 is 2.78 bits per heavy atom. The first-order chi connectivity index (χ1) is 26.0. The van der Waals surface area contributed by atoms with Crippen molar-refractivity contribution in [3.05, 3.63) is 35.7 Å². The second kappa shape index (κ2) is 13.5. The van der Waals surface area contributed by atoms with Crippen molar-refractivity contribution in [2.24, 2.45) is 0 Å². The molecule has 1 unspecified atom stereocenters. The zero-order valence-electron chi connectivity index (χ0n) is 30.5. The molecule has 4 fully saturated rings. The fourth-order valence-corrected chi connectivity index (χ4v) is 10.2. The fourth-order valence-electron chi connectivity index (χ4n) is 9.05. The van der Waals surface area contributed by atoms with Crippen LogP contribution in [0.4, 0.5) is 23.4 Å². The normalized spacial score (nSPS) is 27.0. The molecule has 54 heavy (non-hydrogen) atoms. The van der Waals surface area contributed by atoms with Gasteiger partial charge in [-0.05, 0) is 70.2 Å². The average molecular weight is 770 g/mol. The molecule has 288 valence electrons. The number of hydrogen-bond acceptors (Lipinski definition) is 11. The number of alkyl halides is 4. The Morgan fingerprint density at radius 2 is 1.98 bits per heavy atom. The van der Waals surface area contributed by atoms with Gasteiger partial charge in [0.05, 0.1) is 58.4 Å². The lowest BCUT2D eigenvalue weighted by Gasteiger charge is -2.32. The number of methoxy groups -OCH3 is 1. The Morgan fingerprint density at radius 1 is 1.11 bits per heavy atom. The highest BCUT2D eigenvalue weighted by Crippen LogP contribution is 2.49. The molecule has 5 aromatic rings. The number of aryl methyl sites for hydroxylation is 1. The van der Waals surface area contributed by atoms with E-state index in [2.05, 4.69) is 19.9 Å². The minimum absolute atomic E-state index is 0.0275. The van der Waals surface area contributed by atoms with Crippen LogP contribution < -0.4 is 9.64 Å². The number of benzene rings is 1. The molecule has 4 aromatic heterocycles. The first-order valence-corrected chi connectivity index (χ1v) is 19.5. The lowest BCUT2D eigenvalue weighted by atomic mass is 9.94. The molecule has 16 heteroatoms. The minimum atomic E-state index is -4.67. The van der Waals surface area contributed by atoms with Crippen molar-refractivity contribution in [2.45, 2.75) is 82.1 Å². The highest BCUT2D eigenvalue weighted by Gasteiger charge is 2.49. The molecule has 4 aliphatic heterocycles. The molecule has 4 aliphatic rings. The molecule has 0 bridgehead atoms. The third-order valence-corrected chi connectivity index (χ3v) is 12.8. The fraction of sp³-hybridized carbons (Fsp3) is 0.579. The van der Waals surface area contributed by atoms with Crippen molar-refractivity contribution in [2.75, 3.05) is 64.6 Å². The average Bonchev–Trinajstić information content (AvgIpc) is 3.88. The number of rotatable bonds is 7.